The maximum absolute atomic E-state index is 12.5. The van der Waals surface area contributed by atoms with Crippen molar-refractivity contribution in [2.45, 2.75) is 18.9 Å². The van der Waals surface area contributed by atoms with Crippen molar-refractivity contribution in [2.75, 3.05) is 38.1 Å². The average molecular weight is 335 g/mol. The van der Waals surface area contributed by atoms with Crippen LogP contribution in [0.2, 0.25) is 0 Å². The summed E-state index contributed by atoms with van der Waals surface area (Å²) in [6, 6.07) is 17.1. The molecule has 4 rings (SSSR count). The Labute approximate surface area is 149 Å². The summed E-state index contributed by atoms with van der Waals surface area (Å²) in [6.45, 7) is 5.67. The third-order valence-corrected chi connectivity index (χ3v) is 5.59. The smallest absolute Gasteiger partial charge is 0.242 e. The van der Waals surface area contributed by atoms with Gasteiger partial charge in [0.15, 0.2) is 0 Å². The van der Waals surface area contributed by atoms with Gasteiger partial charge in [0.25, 0.3) is 0 Å². The molecule has 4 nitrogen and oxygen atoms in total. The topological polar surface area (TPSA) is 35.6 Å². The minimum atomic E-state index is -0.148. The van der Waals surface area contributed by atoms with Crippen LogP contribution in [-0.2, 0) is 4.79 Å². The Morgan fingerprint density at radius 1 is 1.16 bits per heavy atom. The first kappa shape index (κ1) is 16.2. The van der Waals surface area contributed by atoms with Crippen molar-refractivity contribution in [2.24, 2.45) is 0 Å². The standard InChI is InChI=1S/C21H25N3O/c1-3-23(2)16-9-10-17-18(13-16)19(15-7-5-4-6-8-15)14-24-12-11-22-21(25)20(17)24/h4-10,13,19-20H,3,11-12,14H2,1-2H3,(H,22,25)/t19-,20+/m0/s1. The quantitative estimate of drug-likeness (QED) is 0.937. The van der Waals surface area contributed by atoms with E-state index in [9.17, 15) is 4.79 Å². The third kappa shape index (κ3) is 2.81. The Morgan fingerprint density at radius 2 is 1.96 bits per heavy atom. The van der Waals surface area contributed by atoms with E-state index in [0.29, 0.717) is 5.92 Å². The number of hydrogen-bond acceptors (Lipinski definition) is 3. The summed E-state index contributed by atoms with van der Waals surface area (Å²) in [5.41, 5.74) is 4.99. The van der Waals surface area contributed by atoms with Gasteiger partial charge in [-0.25, -0.2) is 0 Å². The van der Waals surface area contributed by atoms with Crippen LogP contribution in [0.1, 0.15) is 35.6 Å². The normalized spacial score (nSPS) is 22.7. The van der Waals surface area contributed by atoms with E-state index in [0.717, 1.165) is 31.7 Å². The largest absolute Gasteiger partial charge is 0.375 e. The number of piperazine rings is 1. The highest BCUT2D eigenvalue weighted by molar-refractivity contribution is 5.85. The number of hydrogen-bond donors (Lipinski definition) is 1. The second kappa shape index (κ2) is 6.52. The van der Waals surface area contributed by atoms with Crippen molar-refractivity contribution < 1.29 is 4.79 Å². The van der Waals surface area contributed by atoms with E-state index in [1.807, 2.05) is 0 Å². The summed E-state index contributed by atoms with van der Waals surface area (Å²) in [7, 11) is 2.11. The molecule has 0 radical (unpaired) electrons. The summed E-state index contributed by atoms with van der Waals surface area (Å²) in [6.07, 6.45) is 0. The highest BCUT2D eigenvalue weighted by atomic mass is 16.2. The number of nitrogens with one attached hydrogen (secondary N) is 1. The molecular formula is C21H25N3O. The molecule has 2 atom stereocenters. The molecule has 1 fully saturated rings. The maximum Gasteiger partial charge on any atom is 0.242 e. The molecule has 2 aromatic rings. The number of anilines is 1. The molecule has 130 valence electrons. The maximum atomic E-state index is 12.5. The lowest BCUT2D eigenvalue weighted by Gasteiger charge is -2.43. The van der Waals surface area contributed by atoms with Crippen LogP contribution < -0.4 is 10.2 Å². The molecule has 0 bridgehead atoms. The molecule has 0 saturated carbocycles. The van der Waals surface area contributed by atoms with Crippen LogP contribution in [0.4, 0.5) is 5.69 Å². The summed E-state index contributed by atoms with van der Waals surface area (Å²) in [4.78, 5) is 17.1. The first-order valence-corrected chi connectivity index (χ1v) is 9.10. The number of carbonyl (C=O) groups is 1. The second-order valence-electron chi connectivity index (χ2n) is 6.98. The van der Waals surface area contributed by atoms with Gasteiger partial charge < -0.3 is 10.2 Å². The van der Waals surface area contributed by atoms with E-state index in [2.05, 4.69) is 77.6 Å². The van der Waals surface area contributed by atoms with Crippen molar-refractivity contribution in [3.05, 3.63) is 65.2 Å². The van der Waals surface area contributed by atoms with E-state index >= 15 is 0 Å². The molecule has 2 aliphatic rings. The van der Waals surface area contributed by atoms with E-state index < -0.39 is 0 Å². The Hall–Kier alpha value is -2.33. The minimum Gasteiger partial charge on any atom is -0.375 e. The highest BCUT2D eigenvalue weighted by Gasteiger charge is 2.39. The molecule has 1 saturated heterocycles. The van der Waals surface area contributed by atoms with Crippen molar-refractivity contribution in [3.8, 4) is 0 Å². The van der Waals surface area contributed by atoms with Crippen molar-refractivity contribution in [3.63, 3.8) is 0 Å². The fraction of sp³-hybridized carbons (Fsp3) is 0.381. The van der Waals surface area contributed by atoms with Gasteiger partial charge in [0, 0.05) is 44.8 Å². The van der Waals surface area contributed by atoms with Crippen LogP contribution in [-0.4, -0.2) is 44.0 Å². The van der Waals surface area contributed by atoms with Crippen LogP contribution in [0.5, 0.6) is 0 Å². The van der Waals surface area contributed by atoms with Crippen LogP contribution in [0.3, 0.4) is 0 Å². The first-order chi connectivity index (χ1) is 12.2. The molecule has 25 heavy (non-hydrogen) atoms. The molecule has 4 heteroatoms. The molecule has 0 spiro atoms. The molecule has 2 aliphatic heterocycles. The molecule has 2 aromatic carbocycles. The number of carbonyl (C=O) groups excluding carboxylic acids is 1. The van der Waals surface area contributed by atoms with Crippen molar-refractivity contribution >= 4 is 11.6 Å². The summed E-state index contributed by atoms with van der Waals surface area (Å²) in [5.74, 6) is 0.444. The summed E-state index contributed by atoms with van der Waals surface area (Å²) < 4.78 is 0. The molecule has 1 amide bonds. The molecule has 0 unspecified atom stereocenters. The molecule has 1 N–H and O–H groups in total. The number of amides is 1. The van der Waals surface area contributed by atoms with Crippen LogP contribution in [0, 0.1) is 0 Å². The number of benzene rings is 2. The Kier molecular flexibility index (Phi) is 4.22. The van der Waals surface area contributed by atoms with E-state index in [1.165, 1.54) is 16.8 Å². The van der Waals surface area contributed by atoms with Crippen LogP contribution in [0.25, 0.3) is 0 Å². The van der Waals surface area contributed by atoms with Crippen molar-refractivity contribution in [1.82, 2.24) is 10.2 Å². The Morgan fingerprint density at radius 3 is 2.72 bits per heavy atom. The van der Waals surface area contributed by atoms with Gasteiger partial charge in [-0.3, -0.25) is 9.69 Å². The fourth-order valence-electron chi connectivity index (χ4n) is 4.09. The number of fused-ring (bicyclic) bond motifs is 3. The van der Waals surface area contributed by atoms with Crippen LogP contribution >= 0.6 is 0 Å². The molecule has 2 heterocycles. The van der Waals surface area contributed by atoms with E-state index in [-0.39, 0.29) is 11.9 Å². The lowest BCUT2D eigenvalue weighted by Crippen LogP contribution is -2.53. The van der Waals surface area contributed by atoms with Gasteiger partial charge in [-0.1, -0.05) is 36.4 Å². The number of rotatable bonds is 3. The minimum absolute atomic E-state index is 0.135. The lowest BCUT2D eigenvalue weighted by atomic mass is 9.80. The molecule has 0 aromatic heterocycles. The van der Waals surface area contributed by atoms with Gasteiger partial charge in [-0.05, 0) is 35.7 Å². The van der Waals surface area contributed by atoms with Crippen molar-refractivity contribution in [1.29, 1.82) is 0 Å². The summed E-state index contributed by atoms with van der Waals surface area (Å²) >= 11 is 0. The molecule has 0 aliphatic carbocycles. The van der Waals surface area contributed by atoms with Gasteiger partial charge in [0.1, 0.15) is 6.04 Å². The first-order valence-electron chi connectivity index (χ1n) is 9.10. The third-order valence-electron chi connectivity index (χ3n) is 5.59. The van der Waals surface area contributed by atoms with Gasteiger partial charge >= 0.3 is 0 Å². The monoisotopic (exact) mass is 335 g/mol. The van der Waals surface area contributed by atoms with Crippen LogP contribution in [0.15, 0.2) is 48.5 Å². The van der Waals surface area contributed by atoms with Gasteiger partial charge in [0.2, 0.25) is 5.91 Å². The van der Waals surface area contributed by atoms with E-state index in [4.69, 9.17) is 0 Å². The SMILES string of the molecule is CCN(C)c1ccc2c(c1)[C@H](c1ccccc1)CN1CCNC(=O)[C@@H]21. The predicted molar refractivity (Wildman–Crippen MR) is 101 cm³/mol. The van der Waals surface area contributed by atoms with Gasteiger partial charge in [0.05, 0.1) is 0 Å². The zero-order chi connectivity index (χ0) is 17.4. The number of nitrogens with zero attached hydrogens (tertiary/aromatic N) is 2. The second-order valence-corrected chi connectivity index (χ2v) is 6.98. The predicted octanol–water partition coefficient (Wildman–Crippen LogP) is 2.76. The average Bonchev–Trinajstić information content (AvgIpc) is 2.67. The highest BCUT2D eigenvalue weighted by Crippen LogP contribution is 2.41. The summed E-state index contributed by atoms with van der Waals surface area (Å²) in [5, 5.41) is 3.03. The Bertz CT molecular complexity index is 774. The zero-order valence-corrected chi connectivity index (χ0v) is 14.9. The van der Waals surface area contributed by atoms with Gasteiger partial charge in [-0.2, -0.15) is 0 Å². The Balaban J connectivity index is 1.84. The fourth-order valence-corrected chi connectivity index (χ4v) is 4.09. The molecular weight excluding hydrogens is 310 g/mol. The van der Waals surface area contributed by atoms with E-state index in [1.54, 1.807) is 0 Å². The lowest BCUT2D eigenvalue weighted by molar-refractivity contribution is -0.129. The van der Waals surface area contributed by atoms with Gasteiger partial charge in [-0.15, -0.1) is 0 Å². The zero-order valence-electron chi connectivity index (χ0n) is 14.9.